The third-order valence-electron chi connectivity index (χ3n) is 1.55. The summed E-state index contributed by atoms with van der Waals surface area (Å²) in [6, 6.07) is 0.249. The molecular weight excluding hydrogens is 112 g/mol. The van der Waals surface area contributed by atoms with Crippen LogP contribution in [0.4, 0.5) is 0 Å². The van der Waals surface area contributed by atoms with E-state index in [1.165, 1.54) is 5.57 Å². The molecule has 0 aromatic rings. The van der Waals surface area contributed by atoms with Crippen LogP contribution in [-0.4, -0.2) is 12.3 Å². The third kappa shape index (κ3) is 0.669. The van der Waals surface area contributed by atoms with E-state index in [-0.39, 0.29) is 6.04 Å². The Labute approximate surface area is 54.0 Å². The Hall–Kier alpha value is -1.05. The largest absolute Gasteiger partial charge is 0.177 e. The highest BCUT2D eigenvalue weighted by atomic mass is 15.3. The average Bonchev–Trinajstić information content (AvgIpc) is 2.33. The van der Waals surface area contributed by atoms with Crippen LogP contribution in [-0.2, 0) is 0 Å². The van der Waals surface area contributed by atoms with Crippen LogP contribution in [0.3, 0.4) is 0 Å². The number of allylic oxidation sites excluding steroid dienone is 2. The van der Waals surface area contributed by atoms with Crippen LogP contribution in [0.25, 0.3) is 0 Å². The molecule has 2 rings (SSSR count). The molecule has 1 aliphatic carbocycles. The summed E-state index contributed by atoms with van der Waals surface area (Å²) in [5, 5.41) is 3.81. The second-order valence-electron chi connectivity index (χ2n) is 2.17. The minimum Gasteiger partial charge on any atom is -0.177 e. The molecule has 0 saturated carbocycles. The molecule has 0 bridgehead atoms. The summed E-state index contributed by atoms with van der Waals surface area (Å²) < 4.78 is 0. The van der Waals surface area contributed by atoms with Crippen LogP contribution in [0.5, 0.6) is 0 Å². The molecule has 2 heteroatoms. The third-order valence-corrected chi connectivity index (χ3v) is 1.55. The first-order valence-corrected chi connectivity index (χ1v) is 3.07. The van der Waals surface area contributed by atoms with Gasteiger partial charge in [0.1, 0.15) is 6.04 Å². The smallest absolute Gasteiger partial charge is 0.116 e. The van der Waals surface area contributed by atoms with E-state index in [2.05, 4.69) is 28.8 Å². The van der Waals surface area contributed by atoms with Gasteiger partial charge >= 0.3 is 0 Å². The maximum absolute atomic E-state index is 3.97. The van der Waals surface area contributed by atoms with Gasteiger partial charge in [0, 0.05) is 0 Å². The van der Waals surface area contributed by atoms with Crippen LogP contribution in [0.2, 0.25) is 0 Å². The molecule has 1 aliphatic heterocycles. The summed E-state index contributed by atoms with van der Waals surface area (Å²) in [4.78, 5) is 0. The van der Waals surface area contributed by atoms with Crippen molar-refractivity contribution in [2.75, 3.05) is 0 Å². The number of rotatable bonds is 0. The molecule has 0 aromatic carbocycles. The average molecular weight is 119 g/mol. The van der Waals surface area contributed by atoms with E-state index in [1.807, 2.05) is 6.21 Å². The van der Waals surface area contributed by atoms with Crippen molar-refractivity contribution in [2.45, 2.75) is 12.5 Å². The second kappa shape index (κ2) is 1.72. The van der Waals surface area contributed by atoms with Crippen molar-refractivity contribution in [1.82, 2.24) is 5.43 Å². The fourth-order valence-corrected chi connectivity index (χ4v) is 1.05. The van der Waals surface area contributed by atoms with Gasteiger partial charge in [0.25, 0.3) is 0 Å². The maximum atomic E-state index is 3.97. The van der Waals surface area contributed by atoms with Gasteiger partial charge in [-0.3, -0.25) is 0 Å². The molecule has 0 fully saturated rings. The van der Waals surface area contributed by atoms with Gasteiger partial charge in [-0.15, -0.1) is 0 Å². The Kier molecular flexibility index (Phi) is 0.918. The minimum atomic E-state index is 0.249. The van der Waals surface area contributed by atoms with Gasteiger partial charge in [-0.25, -0.2) is 0 Å². The summed E-state index contributed by atoms with van der Waals surface area (Å²) >= 11 is 0. The standard InChI is InChI=1S/C7H7N2/c1-2-4-7-6(3-1)5-8-9-7/h2-5,7H,1H2. The SMILES string of the molecule is C1=CC2[N]N=CC2=CC1. The highest BCUT2D eigenvalue weighted by molar-refractivity contribution is 5.83. The van der Waals surface area contributed by atoms with Crippen molar-refractivity contribution in [3.05, 3.63) is 23.8 Å². The Morgan fingerprint density at radius 2 is 2.56 bits per heavy atom. The van der Waals surface area contributed by atoms with Crippen LogP contribution in [0.1, 0.15) is 6.42 Å². The zero-order valence-corrected chi connectivity index (χ0v) is 4.99. The van der Waals surface area contributed by atoms with Crippen molar-refractivity contribution in [3.8, 4) is 0 Å². The summed E-state index contributed by atoms with van der Waals surface area (Å²) in [5.41, 5.74) is 5.22. The Morgan fingerprint density at radius 3 is 3.44 bits per heavy atom. The fraction of sp³-hybridized carbons (Fsp3) is 0.286. The van der Waals surface area contributed by atoms with Gasteiger partial charge in [-0.1, -0.05) is 18.2 Å². The van der Waals surface area contributed by atoms with Crippen molar-refractivity contribution in [2.24, 2.45) is 5.10 Å². The quantitative estimate of drug-likeness (QED) is 0.422. The lowest BCUT2D eigenvalue weighted by atomic mass is 10.0. The van der Waals surface area contributed by atoms with Gasteiger partial charge in [0.2, 0.25) is 0 Å². The first kappa shape index (κ1) is 4.79. The van der Waals surface area contributed by atoms with Crippen LogP contribution in [0, 0.1) is 0 Å². The molecule has 9 heavy (non-hydrogen) atoms. The first-order valence-electron chi connectivity index (χ1n) is 3.07. The molecular formula is C7H7N2. The predicted octanol–water partition coefficient (Wildman–Crippen LogP) is 0.845. The molecule has 0 aromatic heterocycles. The predicted molar refractivity (Wildman–Crippen MR) is 36.3 cm³/mol. The highest BCUT2D eigenvalue weighted by Gasteiger charge is 2.16. The zero-order valence-electron chi connectivity index (χ0n) is 4.99. The summed E-state index contributed by atoms with van der Waals surface area (Å²) in [5.74, 6) is 0. The molecule has 0 amide bonds. The van der Waals surface area contributed by atoms with Crippen molar-refractivity contribution < 1.29 is 0 Å². The van der Waals surface area contributed by atoms with Crippen LogP contribution in [0.15, 0.2) is 28.9 Å². The van der Waals surface area contributed by atoms with E-state index < -0.39 is 0 Å². The zero-order chi connectivity index (χ0) is 6.10. The number of hydrogen-bond acceptors (Lipinski definition) is 1. The van der Waals surface area contributed by atoms with E-state index in [0.29, 0.717) is 0 Å². The van der Waals surface area contributed by atoms with E-state index in [9.17, 15) is 0 Å². The number of nitrogens with zero attached hydrogens (tertiary/aromatic N) is 2. The first-order chi connectivity index (χ1) is 4.47. The van der Waals surface area contributed by atoms with Gasteiger partial charge < -0.3 is 0 Å². The van der Waals surface area contributed by atoms with Crippen molar-refractivity contribution in [1.29, 1.82) is 0 Å². The molecule has 0 saturated heterocycles. The monoisotopic (exact) mass is 119 g/mol. The topological polar surface area (TPSA) is 26.5 Å². The summed E-state index contributed by atoms with van der Waals surface area (Å²) in [6.45, 7) is 0. The number of hydrogen-bond donors (Lipinski definition) is 0. The van der Waals surface area contributed by atoms with E-state index in [0.717, 1.165) is 6.42 Å². The summed E-state index contributed by atoms with van der Waals surface area (Å²) in [6.07, 6.45) is 9.22. The molecule has 1 heterocycles. The minimum absolute atomic E-state index is 0.249. The van der Waals surface area contributed by atoms with E-state index in [4.69, 9.17) is 0 Å². The Balaban J connectivity index is 2.29. The molecule has 1 radical (unpaired) electrons. The Morgan fingerprint density at radius 1 is 1.56 bits per heavy atom. The second-order valence-corrected chi connectivity index (χ2v) is 2.17. The normalized spacial score (nSPS) is 29.3. The van der Waals surface area contributed by atoms with E-state index in [1.54, 1.807) is 0 Å². The molecule has 1 atom stereocenters. The molecule has 0 N–H and O–H groups in total. The number of fused-ring (bicyclic) bond motifs is 1. The lowest BCUT2D eigenvalue weighted by Gasteiger charge is -2.05. The molecule has 45 valence electrons. The maximum Gasteiger partial charge on any atom is 0.116 e. The summed E-state index contributed by atoms with van der Waals surface area (Å²) in [7, 11) is 0. The fourth-order valence-electron chi connectivity index (χ4n) is 1.05. The van der Waals surface area contributed by atoms with E-state index >= 15 is 0 Å². The van der Waals surface area contributed by atoms with Gasteiger partial charge in [0.05, 0.1) is 6.21 Å². The van der Waals surface area contributed by atoms with Crippen LogP contribution < -0.4 is 5.43 Å². The molecule has 2 aliphatic rings. The van der Waals surface area contributed by atoms with Gasteiger partial charge in [-0.2, -0.15) is 10.5 Å². The molecule has 1 unspecified atom stereocenters. The molecule has 2 nitrogen and oxygen atoms in total. The molecule has 0 spiro atoms. The van der Waals surface area contributed by atoms with Crippen molar-refractivity contribution >= 4 is 6.21 Å². The van der Waals surface area contributed by atoms with Crippen LogP contribution >= 0.6 is 0 Å². The Bertz CT molecular complexity index is 201. The van der Waals surface area contributed by atoms with Gasteiger partial charge in [-0.05, 0) is 12.0 Å². The van der Waals surface area contributed by atoms with Crippen molar-refractivity contribution in [3.63, 3.8) is 0 Å². The van der Waals surface area contributed by atoms with Gasteiger partial charge in [0.15, 0.2) is 0 Å². The highest BCUT2D eigenvalue weighted by Crippen LogP contribution is 2.14. The lowest BCUT2D eigenvalue weighted by Crippen LogP contribution is -2.13. The lowest BCUT2D eigenvalue weighted by molar-refractivity contribution is 0.721.